The standard InChI is InChI=1S/C8H20N.CH4O.BF4/c1-5-9(6-2,7-3)8-4;1-2;2-1(3,4)5/h5-8H2,1-4H3;2H,1H3;/q+1;;-1. The molecule has 16 heavy (non-hydrogen) atoms. The van der Waals surface area contributed by atoms with Crippen molar-refractivity contribution >= 4 is 7.25 Å². The lowest BCUT2D eigenvalue weighted by atomic mass is 10.3. The highest BCUT2D eigenvalue weighted by molar-refractivity contribution is 6.50. The van der Waals surface area contributed by atoms with Crippen LogP contribution in [0.2, 0.25) is 0 Å². The smallest absolute Gasteiger partial charge is 0.418 e. The second-order valence-corrected chi connectivity index (χ2v) is 3.10. The van der Waals surface area contributed by atoms with Gasteiger partial charge in [-0.2, -0.15) is 0 Å². The average molecular weight is 249 g/mol. The van der Waals surface area contributed by atoms with Crippen LogP contribution < -0.4 is 0 Å². The first-order valence-electron chi connectivity index (χ1n) is 5.41. The van der Waals surface area contributed by atoms with Gasteiger partial charge in [-0.15, -0.1) is 0 Å². The zero-order chi connectivity index (χ0) is 13.8. The highest BCUT2D eigenvalue weighted by Gasteiger charge is 2.20. The van der Waals surface area contributed by atoms with Crippen LogP contribution in [0.3, 0.4) is 0 Å². The van der Waals surface area contributed by atoms with Crippen LogP contribution in [0.15, 0.2) is 0 Å². The molecular weight excluding hydrogens is 225 g/mol. The van der Waals surface area contributed by atoms with Crippen molar-refractivity contribution in [1.29, 1.82) is 0 Å². The van der Waals surface area contributed by atoms with Crippen molar-refractivity contribution in [1.82, 2.24) is 0 Å². The van der Waals surface area contributed by atoms with Gasteiger partial charge in [-0.25, -0.2) is 0 Å². The van der Waals surface area contributed by atoms with E-state index in [1.807, 2.05) is 0 Å². The van der Waals surface area contributed by atoms with Crippen LogP contribution in [0, 0.1) is 0 Å². The Balaban J connectivity index is -0.000000205. The number of halogens is 4. The van der Waals surface area contributed by atoms with Gasteiger partial charge in [0.05, 0.1) is 26.2 Å². The Bertz CT molecular complexity index is 116. The van der Waals surface area contributed by atoms with E-state index in [1.165, 1.54) is 30.7 Å². The summed E-state index contributed by atoms with van der Waals surface area (Å²) in [4.78, 5) is 0. The molecule has 0 radical (unpaired) electrons. The van der Waals surface area contributed by atoms with E-state index in [2.05, 4.69) is 27.7 Å². The fourth-order valence-electron chi connectivity index (χ4n) is 1.34. The third kappa shape index (κ3) is 16.1. The maximum Gasteiger partial charge on any atom is 0.673 e. The number of rotatable bonds is 4. The molecule has 0 unspecified atom stereocenters. The lowest BCUT2D eigenvalue weighted by molar-refractivity contribution is -0.921. The second-order valence-electron chi connectivity index (χ2n) is 3.10. The van der Waals surface area contributed by atoms with E-state index in [9.17, 15) is 17.3 Å². The molecule has 0 aliphatic heterocycles. The largest absolute Gasteiger partial charge is 0.673 e. The topological polar surface area (TPSA) is 20.2 Å². The van der Waals surface area contributed by atoms with Crippen LogP contribution >= 0.6 is 0 Å². The molecule has 0 rings (SSSR count). The monoisotopic (exact) mass is 249 g/mol. The van der Waals surface area contributed by atoms with E-state index in [0.29, 0.717) is 0 Å². The van der Waals surface area contributed by atoms with E-state index in [1.54, 1.807) is 0 Å². The molecule has 0 fully saturated rings. The van der Waals surface area contributed by atoms with Crippen molar-refractivity contribution in [2.24, 2.45) is 0 Å². The SMILES string of the molecule is CC[N+](CC)(CC)CC.CO.F[B-](F)(F)F. The van der Waals surface area contributed by atoms with Gasteiger partial charge in [0.15, 0.2) is 0 Å². The van der Waals surface area contributed by atoms with Crippen LogP contribution in [-0.2, 0) is 0 Å². The van der Waals surface area contributed by atoms with Crippen molar-refractivity contribution in [3.05, 3.63) is 0 Å². The summed E-state index contributed by atoms with van der Waals surface area (Å²) in [5.41, 5.74) is 0. The number of hydrogen-bond acceptors (Lipinski definition) is 1. The molecule has 0 bridgehead atoms. The molecule has 0 heterocycles. The van der Waals surface area contributed by atoms with Gasteiger partial charge in [0.25, 0.3) is 0 Å². The lowest BCUT2D eigenvalue weighted by Crippen LogP contribution is -2.47. The van der Waals surface area contributed by atoms with Crippen LogP contribution in [0.25, 0.3) is 0 Å². The fraction of sp³-hybridized carbons (Fsp3) is 1.00. The first-order valence-corrected chi connectivity index (χ1v) is 5.41. The van der Waals surface area contributed by atoms with Crippen LogP contribution in [-0.4, -0.2) is 50.1 Å². The minimum atomic E-state index is -6.00. The summed E-state index contributed by atoms with van der Waals surface area (Å²) in [7, 11) is -5.00. The number of nitrogens with zero attached hydrogens (tertiary/aromatic N) is 1. The quantitative estimate of drug-likeness (QED) is 0.461. The first kappa shape index (κ1) is 21.0. The van der Waals surface area contributed by atoms with Crippen LogP contribution in [0.1, 0.15) is 27.7 Å². The molecule has 0 amide bonds. The minimum absolute atomic E-state index is 1.00. The van der Waals surface area contributed by atoms with Crippen molar-refractivity contribution in [2.75, 3.05) is 33.3 Å². The van der Waals surface area contributed by atoms with Crippen molar-refractivity contribution < 1.29 is 26.9 Å². The molecule has 0 atom stereocenters. The first-order chi connectivity index (χ1) is 7.24. The number of aliphatic hydroxyl groups excluding tert-OH is 1. The summed E-state index contributed by atoms with van der Waals surface area (Å²) in [5, 5.41) is 7.00. The molecule has 0 aromatic heterocycles. The molecule has 0 aliphatic rings. The van der Waals surface area contributed by atoms with Gasteiger partial charge in [0.1, 0.15) is 0 Å². The highest BCUT2D eigenvalue weighted by atomic mass is 19.5. The molecule has 102 valence electrons. The van der Waals surface area contributed by atoms with Crippen molar-refractivity contribution in [3.8, 4) is 0 Å². The van der Waals surface area contributed by atoms with Gasteiger partial charge in [0, 0.05) is 7.11 Å². The van der Waals surface area contributed by atoms with Gasteiger partial charge in [-0.1, -0.05) is 0 Å². The van der Waals surface area contributed by atoms with E-state index >= 15 is 0 Å². The molecule has 0 aliphatic carbocycles. The Hall–Kier alpha value is -0.295. The molecule has 0 spiro atoms. The Morgan fingerprint density at radius 2 is 0.875 bits per heavy atom. The molecule has 2 nitrogen and oxygen atoms in total. The number of hydrogen-bond donors (Lipinski definition) is 1. The van der Waals surface area contributed by atoms with E-state index in [-0.39, 0.29) is 0 Å². The van der Waals surface area contributed by atoms with Gasteiger partial charge < -0.3 is 26.9 Å². The maximum atomic E-state index is 9.75. The molecule has 0 aromatic carbocycles. The maximum absolute atomic E-state index is 9.75. The average Bonchev–Trinajstić information content (AvgIpc) is 2.23. The summed E-state index contributed by atoms with van der Waals surface area (Å²) >= 11 is 0. The van der Waals surface area contributed by atoms with Crippen LogP contribution in [0.4, 0.5) is 17.3 Å². The summed E-state index contributed by atoms with van der Waals surface area (Å²) < 4.78 is 40.3. The molecule has 0 saturated carbocycles. The zero-order valence-corrected chi connectivity index (χ0v) is 10.8. The Morgan fingerprint density at radius 1 is 0.750 bits per heavy atom. The predicted molar refractivity (Wildman–Crippen MR) is 60.8 cm³/mol. The zero-order valence-electron chi connectivity index (χ0n) is 10.8. The van der Waals surface area contributed by atoms with Crippen molar-refractivity contribution in [2.45, 2.75) is 27.7 Å². The molecular formula is C9H24BF4NO. The van der Waals surface area contributed by atoms with Gasteiger partial charge in [-0.05, 0) is 27.7 Å². The fourth-order valence-corrected chi connectivity index (χ4v) is 1.34. The van der Waals surface area contributed by atoms with E-state index < -0.39 is 7.25 Å². The third-order valence-corrected chi connectivity index (χ3v) is 2.68. The summed E-state index contributed by atoms with van der Waals surface area (Å²) in [6.07, 6.45) is 0. The van der Waals surface area contributed by atoms with Gasteiger partial charge in [0.2, 0.25) is 0 Å². The van der Waals surface area contributed by atoms with E-state index in [0.717, 1.165) is 7.11 Å². The molecule has 7 heteroatoms. The normalized spacial score (nSPS) is 10.9. The molecule has 0 aromatic rings. The lowest BCUT2D eigenvalue weighted by Gasteiger charge is -2.34. The predicted octanol–water partition coefficient (Wildman–Crippen LogP) is 2.79. The molecule has 1 N–H and O–H groups in total. The number of quaternary nitrogens is 1. The highest BCUT2D eigenvalue weighted by Crippen LogP contribution is 2.06. The summed E-state index contributed by atoms with van der Waals surface area (Å²) in [5.74, 6) is 0. The summed E-state index contributed by atoms with van der Waals surface area (Å²) in [6.45, 7) is 14.2. The van der Waals surface area contributed by atoms with E-state index in [4.69, 9.17) is 5.11 Å². The van der Waals surface area contributed by atoms with Gasteiger partial charge in [-0.3, -0.25) is 0 Å². The molecule has 0 saturated heterocycles. The second kappa shape index (κ2) is 11.2. The van der Waals surface area contributed by atoms with Crippen LogP contribution in [0.5, 0.6) is 0 Å². The Morgan fingerprint density at radius 3 is 0.875 bits per heavy atom. The Labute approximate surface area is 96.0 Å². The Kier molecular flexibility index (Phi) is 14.7. The number of aliphatic hydroxyl groups is 1. The van der Waals surface area contributed by atoms with Crippen molar-refractivity contribution in [3.63, 3.8) is 0 Å². The third-order valence-electron chi connectivity index (χ3n) is 2.68. The minimum Gasteiger partial charge on any atom is -0.418 e. The van der Waals surface area contributed by atoms with Gasteiger partial charge >= 0.3 is 7.25 Å². The summed E-state index contributed by atoms with van der Waals surface area (Å²) in [6, 6.07) is 0.